The molecule has 0 atom stereocenters. The number of rotatable bonds is 6. The zero-order chi connectivity index (χ0) is 17.8. The highest BCUT2D eigenvalue weighted by atomic mass is 32.1. The lowest BCUT2D eigenvalue weighted by Gasteiger charge is -2.07. The Morgan fingerprint density at radius 1 is 1.15 bits per heavy atom. The Labute approximate surface area is 154 Å². The molecule has 0 aliphatic rings. The Hall–Kier alpha value is -3.19. The monoisotopic (exact) mass is 363 g/mol. The van der Waals surface area contributed by atoms with Gasteiger partial charge in [0.15, 0.2) is 5.13 Å². The van der Waals surface area contributed by atoms with Crippen LogP contribution in [0.25, 0.3) is 11.0 Å². The summed E-state index contributed by atoms with van der Waals surface area (Å²) in [6.45, 7) is 0.517. The van der Waals surface area contributed by atoms with Crippen molar-refractivity contribution >= 4 is 39.1 Å². The molecule has 0 aliphatic carbocycles. The van der Waals surface area contributed by atoms with Crippen molar-refractivity contribution in [3.8, 4) is 0 Å². The van der Waals surface area contributed by atoms with Crippen molar-refractivity contribution in [1.82, 2.24) is 20.3 Å². The van der Waals surface area contributed by atoms with Crippen LogP contribution in [0.2, 0.25) is 0 Å². The maximum absolute atomic E-state index is 12.4. The molecule has 7 heteroatoms. The SMILES string of the molecule is O=C(NCCc1nc2ccccc2[nH]1)c1cccc(Nc2nccs2)c1. The molecule has 2 aromatic heterocycles. The number of carbonyl (C=O) groups excluding carboxylic acids is 1. The van der Waals surface area contributed by atoms with E-state index in [0.717, 1.165) is 27.7 Å². The topological polar surface area (TPSA) is 82.7 Å². The summed E-state index contributed by atoms with van der Waals surface area (Å²) in [5, 5.41) is 8.82. The van der Waals surface area contributed by atoms with Crippen LogP contribution in [0.5, 0.6) is 0 Å². The van der Waals surface area contributed by atoms with E-state index >= 15 is 0 Å². The van der Waals surface area contributed by atoms with Crippen molar-refractivity contribution in [2.45, 2.75) is 6.42 Å². The Morgan fingerprint density at radius 3 is 2.92 bits per heavy atom. The molecule has 26 heavy (non-hydrogen) atoms. The number of amides is 1. The molecular formula is C19H17N5OS. The molecule has 0 spiro atoms. The van der Waals surface area contributed by atoms with Crippen molar-refractivity contribution < 1.29 is 4.79 Å². The Balaban J connectivity index is 1.35. The van der Waals surface area contributed by atoms with Crippen molar-refractivity contribution in [3.63, 3.8) is 0 Å². The van der Waals surface area contributed by atoms with Gasteiger partial charge in [0, 0.05) is 35.8 Å². The van der Waals surface area contributed by atoms with Gasteiger partial charge in [0.1, 0.15) is 5.82 Å². The molecule has 0 bridgehead atoms. The van der Waals surface area contributed by atoms with Crippen molar-refractivity contribution in [3.05, 3.63) is 71.5 Å². The molecule has 0 radical (unpaired) electrons. The molecule has 130 valence electrons. The van der Waals surface area contributed by atoms with Crippen LogP contribution in [0.1, 0.15) is 16.2 Å². The van der Waals surface area contributed by atoms with E-state index in [2.05, 4.69) is 25.6 Å². The minimum Gasteiger partial charge on any atom is -0.352 e. The van der Waals surface area contributed by atoms with Gasteiger partial charge in [-0.1, -0.05) is 18.2 Å². The zero-order valence-corrected chi connectivity index (χ0v) is 14.7. The summed E-state index contributed by atoms with van der Waals surface area (Å²) >= 11 is 1.51. The molecule has 4 rings (SSSR count). The third-order valence-corrected chi connectivity index (χ3v) is 4.58. The molecule has 0 unspecified atom stereocenters. The van der Waals surface area contributed by atoms with Crippen LogP contribution in [0.15, 0.2) is 60.1 Å². The van der Waals surface area contributed by atoms with Gasteiger partial charge in [-0.05, 0) is 30.3 Å². The Bertz CT molecular complexity index is 992. The number of hydrogen-bond donors (Lipinski definition) is 3. The van der Waals surface area contributed by atoms with Gasteiger partial charge in [-0.3, -0.25) is 4.79 Å². The van der Waals surface area contributed by atoms with Gasteiger partial charge in [0.05, 0.1) is 11.0 Å². The summed E-state index contributed by atoms with van der Waals surface area (Å²) in [5.41, 5.74) is 3.39. The summed E-state index contributed by atoms with van der Waals surface area (Å²) in [4.78, 5) is 24.3. The molecule has 1 amide bonds. The lowest BCUT2D eigenvalue weighted by atomic mass is 10.2. The molecule has 2 aromatic carbocycles. The first-order valence-electron chi connectivity index (χ1n) is 8.26. The van der Waals surface area contributed by atoms with Crippen molar-refractivity contribution in [2.24, 2.45) is 0 Å². The second-order valence-corrected chi connectivity index (χ2v) is 6.64. The minimum absolute atomic E-state index is 0.108. The molecular weight excluding hydrogens is 346 g/mol. The summed E-state index contributed by atoms with van der Waals surface area (Å²) < 4.78 is 0. The molecule has 0 fully saturated rings. The van der Waals surface area contributed by atoms with Crippen LogP contribution in [0.4, 0.5) is 10.8 Å². The summed E-state index contributed by atoms with van der Waals surface area (Å²) in [7, 11) is 0. The van der Waals surface area contributed by atoms with Gasteiger partial charge in [-0.2, -0.15) is 0 Å². The number of aromatic nitrogens is 3. The number of carbonyl (C=O) groups is 1. The first-order chi connectivity index (χ1) is 12.8. The van der Waals surface area contributed by atoms with E-state index < -0.39 is 0 Å². The number of nitrogens with zero attached hydrogens (tertiary/aromatic N) is 2. The van der Waals surface area contributed by atoms with Crippen LogP contribution >= 0.6 is 11.3 Å². The van der Waals surface area contributed by atoms with Gasteiger partial charge in [0.2, 0.25) is 0 Å². The summed E-state index contributed by atoms with van der Waals surface area (Å²) in [6.07, 6.45) is 2.39. The average Bonchev–Trinajstić information content (AvgIpc) is 3.31. The largest absolute Gasteiger partial charge is 0.352 e. The molecule has 0 aliphatic heterocycles. The minimum atomic E-state index is -0.108. The highest BCUT2D eigenvalue weighted by molar-refractivity contribution is 7.13. The van der Waals surface area contributed by atoms with Crippen LogP contribution in [0.3, 0.4) is 0 Å². The Kier molecular flexibility index (Phi) is 4.61. The molecule has 2 heterocycles. The fraction of sp³-hybridized carbons (Fsp3) is 0.105. The van der Waals surface area contributed by atoms with E-state index in [1.54, 1.807) is 12.3 Å². The smallest absolute Gasteiger partial charge is 0.251 e. The van der Waals surface area contributed by atoms with E-state index in [1.165, 1.54) is 11.3 Å². The van der Waals surface area contributed by atoms with Gasteiger partial charge in [-0.15, -0.1) is 11.3 Å². The van der Waals surface area contributed by atoms with Gasteiger partial charge >= 0.3 is 0 Å². The zero-order valence-electron chi connectivity index (χ0n) is 13.9. The van der Waals surface area contributed by atoms with Crippen LogP contribution in [-0.2, 0) is 6.42 Å². The lowest BCUT2D eigenvalue weighted by Crippen LogP contribution is -2.25. The van der Waals surface area contributed by atoms with Crippen molar-refractivity contribution in [1.29, 1.82) is 0 Å². The average molecular weight is 363 g/mol. The fourth-order valence-corrected chi connectivity index (χ4v) is 3.22. The number of fused-ring (bicyclic) bond motifs is 1. The highest BCUT2D eigenvalue weighted by Crippen LogP contribution is 2.19. The highest BCUT2D eigenvalue weighted by Gasteiger charge is 2.08. The van der Waals surface area contributed by atoms with E-state index in [-0.39, 0.29) is 5.91 Å². The first kappa shape index (κ1) is 16.3. The number of benzene rings is 2. The van der Waals surface area contributed by atoms with Gasteiger partial charge in [0.25, 0.3) is 5.91 Å². The maximum Gasteiger partial charge on any atom is 0.251 e. The molecule has 3 N–H and O–H groups in total. The number of aromatic amines is 1. The maximum atomic E-state index is 12.4. The fourth-order valence-electron chi connectivity index (χ4n) is 2.67. The summed E-state index contributed by atoms with van der Waals surface area (Å²) in [5.74, 6) is 0.759. The Morgan fingerprint density at radius 2 is 2.08 bits per heavy atom. The predicted molar refractivity (Wildman–Crippen MR) is 104 cm³/mol. The van der Waals surface area contributed by atoms with E-state index in [4.69, 9.17) is 0 Å². The van der Waals surface area contributed by atoms with E-state index in [9.17, 15) is 4.79 Å². The van der Waals surface area contributed by atoms with E-state index in [1.807, 2.05) is 47.8 Å². The number of nitrogens with one attached hydrogen (secondary N) is 3. The molecule has 6 nitrogen and oxygen atoms in total. The molecule has 0 saturated heterocycles. The van der Waals surface area contributed by atoms with Gasteiger partial charge < -0.3 is 15.6 Å². The number of anilines is 2. The van der Waals surface area contributed by atoms with Crippen LogP contribution in [0, 0.1) is 0 Å². The third kappa shape index (κ3) is 3.73. The summed E-state index contributed by atoms with van der Waals surface area (Å²) in [6, 6.07) is 15.3. The quantitative estimate of drug-likeness (QED) is 0.487. The number of para-hydroxylation sites is 2. The number of thiazole rings is 1. The first-order valence-corrected chi connectivity index (χ1v) is 9.14. The normalized spacial score (nSPS) is 10.8. The van der Waals surface area contributed by atoms with Crippen LogP contribution in [-0.4, -0.2) is 27.4 Å². The number of H-pyrrole nitrogens is 1. The van der Waals surface area contributed by atoms with Gasteiger partial charge in [-0.25, -0.2) is 9.97 Å². The second kappa shape index (κ2) is 7.37. The predicted octanol–water partition coefficient (Wildman–Crippen LogP) is 3.74. The molecule has 0 saturated carbocycles. The lowest BCUT2D eigenvalue weighted by molar-refractivity contribution is 0.0954. The van der Waals surface area contributed by atoms with Crippen LogP contribution < -0.4 is 10.6 Å². The van der Waals surface area contributed by atoms with Crippen molar-refractivity contribution in [2.75, 3.05) is 11.9 Å². The van der Waals surface area contributed by atoms with E-state index in [0.29, 0.717) is 18.5 Å². The number of imidazole rings is 1. The second-order valence-electron chi connectivity index (χ2n) is 5.75. The third-order valence-electron chi connectivity index (χ3n) is 3.89. The standard InChI is InChI=1S/C19H17N5OS/c25-18(13-4-3-5-14(12-13)22-19-21-10-11-26-19)20-9-8-17-23-15-6-1-2-7-16(15)24-17/h1-7,10-12H,8-9H2,(H,20,25)(H,21,22)(H,23,24). The molecule has 4 aromatic rings. The number of hydrogen-bond acceptors (Lipinski definition) is 5.